The van der Waals surface area contributed by atoms with E-state index in [2.05, 4.69) is 10.0 Å². The lowest BCUT2D eigenvalue weighted by Crippen LogP contribution is -2.43. The Morgan fingerprint density at radius 2 is 1.91 bits per heavy atom. The molecule has 184 valence electrons. The first-order valence-corrected chi connectivity index (χ1v) is 12.8. The number of nitrogens with one attached hydrogen (secondary N) is 3. The monoisotopic (exact) mass is 529 g/mol. The first kappa shape index (κ1) is 25.9. The van der Waals surface area contributed by atoms with Gasteiger partial charge in [-0.15, -0.1) is 0 Å². The van der Waals surface area contributed by atoms with Gasteiger partial charge >= 0.3 is 5.24 Å². The lowest BCUT2D eigenvalue weighted by Gasteiger charge is -2.27. The van der Waals surface area contributed by atoms with Crippen LogP contribution >= 0.6 is 23.5 Å². The van der Waals surface area contributed by atoms with Crippen LogP contribution in [0.4, 0.5) is 4.79 Å². The summed E-state index contributed by atoms with van der Waals surface area (Å²) in [6.45, 7) is 2.41. The molecule has 0 saturated carbocycles. The van der Waals surface area contributed by atoms with Crippen LogP contribution in [0.3, 0.4) is 0 Å². The molecule has 0 spiro atoms. The van der Waals surface area contributed by atoms with E-state index in [1.54, 1.807) is 19.1 Å². The second kappa shape index (κ2) is 11.2. The molecular weight excluding hydrogens is 506 g/mol. The van der Waals surface area contributed by atoms with Crippen LogP contribution in [0.25, 0.3) is 0 Å². The number of benzene rings is 2. The highest BCUT2D eigenvalue weighted by Gasteiger charge is 2.29. The van der Waals surface area contributed by atoms with Crippen molar-refractivity contribution in [2.45, 2.75) is 24.3 Å². The average molecular weight is 530 g/mol. The fourth-order valence-electron chi connectivity index (χ4n) is 3.30. The molecular formula is C21H24ClN3O7S2. The second-order valence-corrected chi connectivity index (χ2v) is 10.1. The van der Waals surface area contributed by atoms with Gasteiger partial charge in [0.15, 0.2) is 0 Å². The number of halogens is 1. The van der Waals surface area contributed by atoms with E-state index in [1.165, 1.54) is 32.4 Å². The van der Waals surface area contributed by atoms with E-state index in [0.717, 1.165) is 0 Å². The lowest BCUT2D eigenvalue weighted by atomic mass is 10.0. The highest BCUT2D eigenvalue weighted by molar-refractivity contribution is 8.13. The van der Waals surface area contributed by atoms with Gasteiger partial charge in [0.1, 0.15) is 28.8 Å². The van der Waals surface area contributed by atoms with Crippen LogP contribution in [-0.2, 0) is 16.4 Å². The molecule has 1 aliphatic rings. The first-order chi connectivity index (χ1) is 16.2. The van der Waals surface area contributed by atoms with Crippen LogP contribution in [0.1, 0.15) is 22.8 Å². The molecule has 0 bridgehead atoms. The van der Waals surface area contributed by atoms with E-state index in [1.807, 2.05) is 4.72 Å². The predicted octanol–water partition coefficient (Wildman–Crippen LogP) is 2.75. The molecule has 0 fully saturated rings. The maximum absolute atomic E-state index is 12.8. The van der Waals surface area contributed by atoms with Crippen molar-refractivity contribution < 1.29 is 32.2 Å². The summed E-state index contributed by atoms with van der Waals surface area (Å²) in [7, 11) is -1.45. The Kier molecular flexibility index (Phi) is 8.52. The molecule has 1 aliphatic heterocycles. The molecule has 2 amide bonds. The molecule has 2 aromatic rings. The van der Waals surface area contributed by atoms with Crippen LogP contribution in [0.15, 0.2) is 35.2 Å². The largest absolute Gasteiger partial charge is 0.496 e. The zero-order valence-corrected chi connectivity index (χ0v) is 21.0. The van der Waals surface area contributed by atoms with Gasteiger partial charge in [-0.25, -0.2) is 13.1 Å². The van der Waals surface area contributed by atoms with E-state index in [9.17, 15) is 18.0 Å². The van der Waals surface area contributed by atoms with Crippen LogP contribution in [0.5, 0.6) is 17.2 Å². The number of carbonyl (C=O) groups excluding carboxylic acids is 2. The van der Waals surface area contributed by atoms with E-state index in [-0.39, 0.29) is 29.2 Å². The van der Waals surface area contributed by atoms with Gasteiger partial charge in [0.2, 0.25) is 0 Å². The Morgan fingerprint density at radius 3 is 2.59 bits per heavy atom. The Labute approximate surface area is 206 Å². The highest BCUT2D eigenvalue weighted by Crippen LogP contribution is 2.35. The van der Waals surface area contributed by atoms with Gasteiger partial charge in [-0.2, -0.15) is 0 Å². The summed E-state index contributed by atoms with van der Waals surface area (Å²) in [6.07, 6.45) is 0.288. The number of hydrogen-bond acceptors (Lipinski definition) is 9. The Hall–Kier alpha value is -2.67. The van der Waals surface area contributed by atoms with E-state index >= 15 is 0 Å². The zero-order chi connectivity index (χ0) is 24.9. The van der Waals surface area contributed by atoms with Crippen molar-refractivity contribution in [3.8, 4) is 17.2 Å². The van der Waals surface area contributed by atoms with E-state index in [0.29, 0.717) is 40.6 Å². The molecule has 3 N–H and O–H groups in total. The standard InChI is InChI=1S/C21H24ClN3O7S2/c1-4-23-33-21(27)25-34(28,29)19-8-12-7-14(11-32-17(12)10-18(19)31-3)24-20(26)15-9-13(22)5-6-16(15)30-2/h5-6,8-10,14,23H,4,7,11H2,1-3H3,(H,24,26)(H,25,27). The minimum absolute atomic E-state index is 0.0265. The van der Waals surface area contributed by atoms with E-state index < -0.39 is 27.2 Å². The summed E-state index contributed by atoms with van der Waals surface area (Å²) < 4.78 is 46.5. The topological polar surface area (TPSA) is 132 Å². The van der Waals surface area contributed by atoms with Gasteiger partial charge in [0, 0.05) is 29.6 Å². The number of ether oxygens (including phenoxy) is 3. The number of sulfonamides is 1. The Morgan fingerprint density at radius 1 is 1.18 bits per heavy atom. The molecule has 1 unspecified atom stereocenters. The van der Waals surface area contributed by atoms with Crippen molar-refractivity contribution in [1.29, 1.82) is 0 Å². The third kappa shape index (κ3) is 6.06. The van der Waals surface area contributed by atoms with Crippen molar-refractivity contribution >= 4 is 44.7 Å². The number of fused-ring (bicyclic) bond motifs is 1. The minimum Gasteiger partial charge on any atom is -0.496 e. The van der Waals surface area contributed by atoms with Gasteiger partial charge < -0.3 is 19.5 Å². The molecule has 3 rings (SSSR count). The number of carbonyl (C=O) groups is 2. The molecule has 10 nitrogen and oxygen atoms in total. The Balaban J connectivity index is 1.82. The molecule has 0 saturated heterocycles. The summed E-state index contributed by atoms with van der Waals surface area (Å²) in [6, 6.07) is 7.07. The molecule has 1 heterocycles. The van der Waals surface area contributed by atoms with Gasteiger partial charge in [-0.3, -0.25) is 14.3 Å². The maximum Gasteiger partial charge on any atom is 0.307 e. The van der Waals surface area contributed by atoms with Gasteiger partial charge in [-0.05, 0) is 36.2 Å². The summed E-state index contributed by atoms with van der Waals surface area (Å²) in [5.74, 6) is 0.405. The van der Waals surface area contributed by atoms with Crippen LogP contribution in [0.2, 0.25) is 5.02 Å². The number of rotatable bonds is 8. The second-order valence-electron chi connectivity index (χ2n) is 7.13. The number of methoxy groups -OCH3 is 2. The molecule has 13 heteroatoms. The quantitative estimate of drug-likeness (QED) is 0.441. The smallest absolute Gasteiger partial charge is 0.307 e. The number of hydrogen-bond donors (Lipinski definition) is 3. The summed E-state index contributed by atoms with van der Waals surface area (Å²) in [5, 5.41) is 2.46. The zero-order valence-electron chi connectivity index (χ0n) is 18.6. The van der Waals surface area contributed by atoms with Crippen molar-refractivity contribution in [2.75, 3.05) is 27.4 Å². The maximum atomic E-state index is 12.8. The third-order valence-electron chi connectivity index (χ3n) is 4.81. The SMILES string of the molecule is CCNSC(=O)NS(=O)(=O)c1cc2c(cc1OC)OCC(NC(=O)c1cc(Cl)ccc1OC)C2. The van der Waals surface area contributed by atoms with Crippen molar-refractivity contribution in [3.63, 3.8) is 0 Å². The molecule has 34 heavy (non-hydrogen) atoms. The molecule has 0 aromatic heterocycles. The van der Waals surface area contributed by atoms with Crippen molar-refractivity contribution in [2.24, 2.45) is 0 Å². The Bertz CT molecular complexity index is 1190. The van der Waals surface area contributed by atoms with Gasteiger partial charge in [0.25, 0.3) is 15.9 Å². The summed E-state index contributed by atoms with van der Waals surface area (Å²) in [4.78, 5) is 24.5. The summed E-state index contributed by atoms with van der Waals surface area (Å²) >= 11 is 6.65. The van der Waals surface area contributed by atoms with Crippen LogP contribution in [-0.4, -0.2) is 53.0 Å². The third-order valence-corrected chi connectivity index (χ3v) is 7.25. The van der Waals surface area contributed by atoms with Crippen LogP contribution < -0.4 is 29.0 Å². The van der Waals surface area contributed by atoms with Gasteiger partial charge in [0.05, 0.1) is 25.8 Å². The van der Waals surface area contributed by atoms with Crippen LogP contribution in [0, 0.1) is 0 Å². The fraction of sp³-hybridized carbons (Fsp3) is 0.333. The minimum atomic E-state index is -4.22. The first-order valence-electron chi connectivity index (χ1n) is 10.1. The molecule has 0 aliphatic carbocycles. The summed E-state index contributed by atoms with van der Waals surface area (Å²) in [5.41, 5.74) is 0.794. The lowest BCUT2D eigenvalue weighted by molar-refractivity contribution is 0.0912. The average Bonchev–Trinajstić information content (AvgIpc) is 2.81. The highest BCUT2D eigenvalue weighted by atomic mass is 35.5. The predicted molar refractivity (Wildman–Crippen MR) is 128 cm³/mol. The van der Waals surface area contributed by atoms with Gasteiger partial charge in [-0.1, -0.05) is 18.5 Å². The molecule has 2 aromatic carbocycles. The van der Waals surface area contributed by atoms with Crippen molar-refractivity contribution in [1.82, 2.24) is 14.8 Å². The fourth-order valence-corrected chi connectivity index (χ4v) is 5.28. The number of amides is 2. The van der Waals surface area contributed by atoms with Crippen molar-refractivity contribution in [3.05, 3.63) is 46.5 Å². The molecule has 1 atom stereocenters. The van der Waals surface area contributed by atoms with E-state index in [4.69, 9.17) is 25.8 Å². The molecule has 0 radical (unpaired) electrons. The normalized spacial score (nSPS) is 15.0.